The Morgan fingerprint density at radius 1 is 1.31 bits per heavy atom. The average molecular weight is 229 g/mol. The fraction of sp³-hybridized carbons (Fsp3) is 0.818. The van der Waals surface area contributed by atoms with Crippen molar-refractivity contribution >= 4 is 11.9 Å². The Kier molecular flexibility index (Phi) is 4.73. The van der Waals surface area contributed by atoms with Crippen molar-refractivity contribution in [3.8, 4) is 0 Å². The van der Waals surface area contributed by atoms with Crippen LogP contribution >= 0.6 is 0 Å². The van der Waals surface area contributed by atoms with E-state index in [9.17, 15) is 9.59 Å². The molecule has 0 saturated carbocycles. The van der Waals surface area contributed by atoms with Gasteiger partial charge >= 0.3 is 11.9 Å². The second-order valence-corrected chi connectivity index (χ2v) is 4.62. The van der Waals surface area contributed by atoms with Gasteiger partial charge in [-0.05, 0) is 31.8 Å². The Morgan fingerprint density at radius 2 is 1.88 bits per heavy atom. The summed E-state index contributed by atoms with van der Waals surface area (Å²) in [5.41, 5.74) is 0. The van der Waals surface area contributed by atoms with Crippen molar-refractivity contribution in [1.82, 2.24) is 4.90 Å². The molecule has 1 unspecified atom stereocenters. The van der Waals surface area contributed by atoms with Crippen molar-refractivity contribution < 1.29 is 19.8 Å². The number of nitrogens with zero attached hydrogens (tertiary/aromatic N) is 1. The lowest BCUT2D eigenvalue weighted by molar-refractivity contribution is -0.149. The molecule has 2 N–H and O–H groups in total. The highest BCUT2D eigenvalue weighted by Gasteiger charge is 2.25. The SMILES string of the molecule is CC1CCN(CC(CC(=O)O)C(=O)O)CC1. The Balaban J connectivity index is 2.42. The predicted molar refractivity (Wildman–Crippen MR) is 58.2 cm³/mol. The summed E-state index contributed by atoms with van der Waals surface area (Å²) in [6.07, 6.45) is 1.85. The van der Waals surface area contributed by atoms with Crippen molar-refractivity contribution in [3.63, 3.8) is 0 Å². The number of aliphatic carboxylic acids is 2. The first-order chi connectivity index (χ1) is 7.49. The summed E-state index contributed by atoms with van der Waals surface area (Å²) in [7, 11) is 0. The van der Waals surface area contributed by atoms with Gasteiger partial charge in [-0.15, -0.1) is 0 Å². The summed E-state index contributed by atoms with van der Waals surface area (Å²) >= 11 is 0. The molecule has 1 aliphatic rings. The molecular weight excluding hydrogens is 210 g/mol. The van der Waals surface area contributed by atoms with E-state index in [-0.39, 0.29) is 6.42 Å². The highest BCUT2D eigenvalue weighted by atomic mass is 16.4. The summed E-state index contributed by atoms with van der Waals surface area (Å²) < 4.78 is 0. The lowest BCUT2D eigenvalue weighted by atomic mass is 9.97. The normalized spacial score (nSPS) is 20.6. The van der Waals surface area contributed by atoms with Gasteiger partial charge in [-0.25, -0.2) is 0 Å². The Morgan fingerprint density at radius 3 is 2.31 bits per heavy atom. The minimum atomic E-state index is -1.04. The van der Waals surface area contributed by atoms with Crippen molar-refractivity contribution in [3.05, 3.63) is 0 Å². The van der Waals surface area contributed by atoms with Crippen LogP contribution in [0.3, 0.4) is 0 Å². The number of likely N-dealkylation sites (tertiary alicyclic amines) is 1. The van der Waals surface area contributed by atoms with Gasteiger partial charge in [-0.2, -0.15) is 0 Å². The number of piperidine rings is 1. The van der Waals surface area contributed by atoms with Crippen LogP contribution in [-0.4, -0.2) is 46.7 Å². The summed E-state index contributed by atoms with van der Waals surface area (Å²) in [4.78, 5) is 23.5. The molecule has 0 aliphatic carbocycles. The number of carbonyl (C=O) groups is 2. The molecular formula is C11H19NO4. The molecule has 0 aromatic carbocycles. The minimum absolute atomic E-state index is 0.290. The van der Waals surface area contributed by atoms with Crippen LogP contribution in [0, 0.1) is 11.8 Å². The number of hydrogen-bond acceptors (Lipinski definition) is 3. The van der Waals surface area contributed by atoms with Gasteiger partial charge in [0.15, 0.2) is 0 Å². The van der Waals surface area contributed by atoms with Gasteiger partial charge in [-0.1, -0.05) is 6.92 Å². The molecule has 92 valence electrons. The van der Waals surface area contributed by atoms with E-state index in [0.717, 1.165) is 25.9 Å². The average Bonchev–Trinajstić information content (AvgIpc) is 2.19. The molecule has 5 heteroatoms. The van der Waals surface area contributed by atoms with E-state index in [4.69, 9.17) is 10.2 Å². The number of hydrogen-bond donors (Lipinski definition) is 2. The molecule has 5 nitrogen and oxygen atoms in total. The van der Waals surface area contributed by atoms with Gasteiger partial charge in [0.2, 0.25) is 0 Å². The lowest BCUT2D eigenvalue weighted by Gasteiger charge is -2.31. The maximum absolute atomic E-state index is 10.9. The molecule has 1 aliphatic heterocycles. The first kappa shape index (κ1) is 13.0. The third kappa shape index (κ3) is 4.18. The van der Waals surface area contributed by atoms with E-state index in [1.54, 1.807) is 0 Å². The quantitative estimate of drug-likeness (QED) is 0.732. The van der Waals surface area contributed by atoms with E-state index >= 15 is 0 Å². The number of rotatable bonds is 5. The zero-order chi connectivity index (χ0) is 12.1. The zero-order valence-corrected chi connectivity index (χ0v) is 9.56. The monoisotopic (exact) mass is 229 g/mol. The molecule has 0 radical (unpaired) electrons. The second kappa shape index (κ2) is 5.84. The third-order valence-electron chi connectivity index (χ3n) is 3.13. The predicted octanol–water partition coefficient (Wildman–Crippen LogP) is 0.894. The maximum atomic E-state index is 10.9. The molecule has 16 heavy (non-hydrogen) atoms. The molecule has 1 saturated heterocycles. The van der Waals surface area contributed by atoms with Crippen molar-refractivity contribution in [2.45, 2.75) is 26.2 Å². The summed E-state index contributed by atoms with van der Waals surface area (Å²) in [5, 5.41) is 17.5. The molecule has 1 heterocycles. The molecule has 0 amide bonds. The topological polar surface area (TPSA) is 77.8 Å². The molecule has 1 fully saturated rings. The summed E-state index contributed by atoms with van der Waals surface area (Å²) in [5.74, 6) is -2.15. The van der Waals surface area contributed by atoms with E-state index in [1.165, 1.54) is 0 Å². The molecule has 0 aromatic heterocycles. The van der Waals surface area contributed by atoms with Crippen LogP contribution in [-0.2, 0) is 9.59 Å². The van der Waals surface area contributed by atoms with Gasteiger partial charge in [0, 0.05) is 6.54 Å². The van der Waals surface area contributed by atoms with Crippen LogP contribution in [0.2, 0.25) is 0 Å². The van der Waals surface area contributed by atoms with Gasteiger partial charge in [-0.3, -0.25) is 9.59 Å². The molecule has 1 atom stereocenters. The van der Waals surface area contributed by atoms with E-state index < -0.39 is 17.9 Å². The van der Waals surface area contributed by atoms with Gasteiger partial charge in [0.05, 0.1) is 12.3 Å². The zero-order valence-electron chi connectivity index (χ0n) is 9.56. The Labute approximate surface area is 95.1 Å². The standard InChI is InChI=1S/C11H19NO4/c1-8-2-4-12(5-3-8)7-9(11(15)16)6-10(13)14/h8-9H,2-7H2,1H3,(H,13,14)(H,15,16). The highest BCUT2D eigenvalue weighted by Crippen LogP contribution is 2.18. The Bertz CT molecular complexity index is 259. The first-order valence-electron chi connectivity index (χ1n) is 5.66. The van der Waals surface area contributed by atoms with Crippen LogP contribution in [0.15, 0.2) is 0 Å². The number of carboxylic acids is 2. The van der Waals surface area contributed by atoms with Crippen molar-refractivity contribution in [2.24, 2.45) is 11.8 Å². The largest absolute Gasteiger partial charge is 0.481 e. The molecule has 0 aromatic rings. The maximum Gasteiger partial charge on any atom is 0.308 e. The van der Waals surface area contributed by atoms with Gasteiger partial charge in [0.25, 0.3) is 0 Å². The molecule has 0 spiro atoms. The van der Waals surface area contributed by atoms with Crippen LogP contribution in [0.1, 0.15) is 26.2 Å². The summed E-state index contributed by atoms with van der Waals surface area (Å²) in [6, 6.07) is 0. The number of carboxylic acid groups (broad SMARTS) is 2. The fourth-order valence-corrected chi connectivity index (χ4v) is 2.00. The van der Waals surface area contributed by atoms with Crippen molar-refractivity contribution in [2.75, 3.05) is 19.6 Å². The molecule has 1 rings (SSSR count). The smallest absolute Gasteiger partial charge is 0.308 e. The van der Waals surface area contributed by atoms with E-state index in [2.05, 4.69) is 11.8 Å². The first-order valence-corrected chi connectivity index (χ1v) is 5.66. The van der Waals surface area contributed by atoms with Gasteiger partial charge < -0.3 is 15.1 Å². The third-order valence-corrected chi connectivity index (χ3v) is 3.13. The summed E-state index contributed by atoms with van der Waals surface area (Å²) in [6.45, 7) is 4.30. The van der Waals surface area contributed by atoms with Crippen LogP contribution in [0.5, 0.6) is 0 Å². The van der Waals surface area contributed by atoms with E-state index in [0.29, 0.717) is 12.5 Å². The van der Waals surface area contributed by atoms with Crippen molar-refractivity contribution in [1.29, 1.82) is 0 Å². The fourth-order valence-electron chi connectivity index (χ4n) is 2.00. The minimum Gasteiger partial charge on any atom is -0.481 e. The second-order valence-electron chi connectivity index (χ2n) is 4.62. The highest BCUT2D eigenvalue weighted by molar-refractivity contribution is 5.77. The Hall–Kier alpha value is -1.10. The van der Waals surface area contributed by atoms with Gasteiger partial charge in [0.1, 0.15) is 0 Å². The molecule has 0 bridgehead atoms. The van der Waals surface area contributed by atoms with Crippen LogP contribution in [0.25, 0.3) is 0 Å². The van der Waals surface area contributed by atoms with E-state index in [1.807, 2.05) is 0 Å². The van der Waals surface area contributed by atoms with Crippen LogP contribution < -0.4 is 0 Å². The van der Waals surface area contributed by atoms with Crippen LogP contribution in [0.4, 0.5) is 0 Å². The lowest BCUT2D eigenvalue weighted by Crippen LogP contribution is -2.39.